The molecule has 14 heavy (non-hydrogen) atoms. The Kier molecular flexibility index (Phi) is 3.00. The monoisotopic (exact) mass is 228 g/mol. The summed E-state index contributed by atoms with van der Waals surface area (Å²) < 4.78 is 39.3. The van der Waals surface area contributed by atoms with Crippen LogP contribution >= 0.6 is 11.6 Å². The van der Waals surface area contributed by atoms with Crippen LogP contribution in [-0.4, -0.2) is 22.8 Å². The molecule has 0 aliphatic carbocycles. The van der Waals surface area contributed by atoms with Crippen LogP contribution in [0.3, 0.4) is 0 Å². The molecule has 1 heterocycles. The van der Waals surface area contributed by atoms with Crippen LogP contribution in [0.25, 0.3) is 0 Å². The van der Waals surface area contributed by atoms with Crippen molar-refractivity contribution in [3.05, 3.63) is 21.7 Å². The molecule has 0 radical (unpaired) electrons. The van der Waals surface area contributed by atoms with E-state index in [9.17, 15) is 18.0 Å². The third-order valence-electron chi connectivity index (χ3n) is 1.14. The van der Waals surface area contributed by atoms with E-state index in [4.69, 9.17) is 11.6 Å². The molecule has 0 aromatic carbocycles. The number of nitrogens with one attached hydrogen (secondary N) is 1. The highest BCUT2D eigenvalue weighted by molar-refractivity contribution is 6.31. The smallest absolute Gasteiger partial charge is 0.422 e. The third-order valence-corrected chi connectivity index (χ3v) is 1.47. The van der Waals surface area contributed by atoms with E-state index in [1.54, 1.807) is 0 Å². The summed E-state index contributed by atoms with van der Waals surface area (Å²) in [6.07, 6.45) is -3.59. The molecule has 1 N–H and O–H groups in total. The van der Waals surface area contributed by atoms with Gasteiger partial charge in [0.1, 0.15) is 0 Å². The Hall–Kier alpha value is -1.24. The highest BCUT2D eigenvalue weighted by Crippen LogP contribution is 2.20. The molecule has 4 nitrogen and oxygen atoms in total. The Bertz CT molecular complexity index is 376. The second kappa shape index (κ2) is 3.87. The van der Waals surface area contributed by atoms with Gasteiger partial charge in [-0.1, -0.05) is 11.6 Å². The van der Waals surface area contributed by atoms with E-state index in [1.807, 2.05) is 0 Å². The fourth-order valence-corrected chi connectivity index (χ4v) is 0.775. The molecule has 0 aliphatic heterocycles. The fraction of sp³-hybridized carbons (Fsp3) is 0.333. The summed E-state index contributed by atoms with van der Waals surface area (Å²) in [5, 5.41) is -0.503. The van der Waals surface area contributed by atoms with Crippen molar-refractivity contribution in [2.24, 2.45) is 0 Å². The number of aromatic nitrogens is 2. The maximum Gasteiger partial charge on any atom is 0.422 e. The van der Waals surface area contributed by atoms with Crippen molar-refractivity contribution in [3.63, 3.8) is 0 Å². The van der Waals surface area contributed by atoms with Crippen LogP contribution in [0.4, 0.5) is 13.2 Å². The molecule has 0 bridgehead atoms. The lowest BCUT2D eigenvalue weighted by atomic mass is 10.6. The average Bonchev–Trinajstić information content (AvgIpc) is 2.06. The Morgan fingerprint density at radius 3 is 2.79 bits per heavy atom. The first-order valence-electron chi connectivity index (χ1n) is 3.33. The molecule has 0 unspecified atom stereocenters. The normalized spacial score (nSPS) is 11.4. The Balaban J connectivity index is 2.78. The van der Waals surface area contributed by atoms with Crippen LogP contribution in [0.15, 0.2) is 11.1 Å². The molecule has 1 aromatic heterocycles. The predicted octanol–water partition coefficient (Wildman–Crippen LogP) is 1.36. The molecule has 0 amide bonds. The number of alkyl halides is 3. The quantitative estimate of drug-likeness (QED) is 0.832. The summed E-state index contributed by atoms with van der Waals surface area (Å²) in [7, 11) is 0. The minimum atomic E-state index is -4.49. The van der Waals surface area contributed by atoms with Gasteiger partial charge in [-0.25, -0.2) is 4.98 Å². The van der Waals surface area contributed by atoms with E-state index < -0.39 is 29.2 Å². The average molecular weight is 229 g/mol. The lowest BCUT2D eigenvalue weighted by molar-refractivity contribution is -0.154. The number of halogens is 4. The van der Waals surface area contributed by atoms with Crippen LogP contribution in [-0.2, 0) is 0 Å². The fourth-order valence-electron chi connectivity index (χ4n) is 0.618. The van der Waals surface area contributed by atoms with Gasteiger partial charge in [-0.3, -0.25) is 4.79 Å². The van der Waals surface area contributed by atoms with E-state index >= 15 is 0 Å². The van der Waals surface area contributed by atoms with E-state index in [1.165, 1.54) is 0 Å². The van der Waals surface area contributed by atoms with Crippen molar-refractivity contribution in [3.8, 4) is 5.88 Å². The molecule has 0 saturated carbocycles. The summed E-state index contributed by atoms with van der Waals surface area (Å²) in [6.45, 7) is -1.54. The van der Waals surface area contributed by atoms with Gasteiger partial charge in [-0.2, -0.15) is 13.2 Å². The summed E-state index contributed by atoms with van der Waals surface area (Å²) >= 11 is 5.32. The molecular formula is C6H4ClF3N2O2. The maximum atomic E-state index is 11.7. The molecular weight excluding hydrogens is 225 g/mol. The van der Waals surface area contributed by atoms with Crippen molar-refractivity contribution in [1.82, 2.24) is 9.97 Å². The third kappa shape index (κ3) is 2.91. The van der Waals surface area contributed by atoms with E-state index in [-0.39, 0.29) is 0 Å². The molecule has 1 rings (SSSR count). The molecule has 78 valence electrons. The van der Waals surface area contributed by atoms with Crippen LogP contribution in [0, 0.1) is 0 Å². The van der Waals surface area contributed by atoms with Crippen molar-refractivity contribution >= 4 is 11.6 Å². The van der Waals surface area contributed by atoms with Gasteiger partial charge >= 0.3 is 6.18 Å². The number of hydrogen-bond donors (Lipinski definition) is 1. The van der Waals surface area contributed by atoms with Gasteiger partial charge in [-0.15, -0.1) is 0 Å². The highest BCUT2D eigenvalue weighted by atomic mass is 35.5. The van der Waals surface area contributed by atoms with Crippen LogP contribution < -0.4 is 10.3 Å². The van der Waals surface area contributed by atoms with Gasteiger partial charge in [0.2, 0.25) is 5.88 Å². The molecule has 0 aliphatic rings. The zero-order chi connectivity index (χ0) is 10.8. The van der Waals surface area contributed by atoms with Crippen molar-refractivity contribution in [2.75, 3.05) is 6.61 Å². The van der Waals surface area contributed by atoms with Crippen LogP contribution in [0.1, 0.15) is 0 Å². The molecule has 0 spiro atoms. The number of ether oxygens (including phenoxy) is 1. The van der Waals surface area contributed by atoms with Crippen LogP contribution in [0.5, 0.6) is 5.88 Å². The predicted molar refractivity (Wildman–Crippen MR) is 41.4 cm³/mol. The van der Waals surface area contributed by atoms with Crippen LogP contribution in [0.2, 0.25) is 5.02 Å². The van der Waals surface area contributed by atoms with Crippen molar-refractivity contribution in [2.45, 2.75) is 6.18 Å². The molecule has 0 saturated heterocycles. The summed E-state index contributed by atoms with van der Waals surface area (Å²) in [5.41, 5.74) is -0.751. The minimum Gasteiger partial charge on any atom is -0.467 e. The SMILES string of the molecule is O=c1[nH]cnc(OCC(F)(F)F)c1Cl. The highest BCUT2D eigenvalue weighted by Gasteiger charge is 2.29. The van der Waals surface area contributed by atoms with Gasteiger partial charge in [0, 0.05) is 0 Å². The van der Waals surface area contributed by atoms with Gasteiger partial charge in [0.05, 0.1) is 6.33 Å². The Morgan fingerprint density at radius 1 is 1.57 bits per heavy atom. The number of H-pyrrole nitrogens is 1. The Morgan fingerprint density at radius 2 is 2.21 bits per heavy atom. The molecule has 0 atom stereocenters. The van der Waals surface area contributed by atoms with Gasteiger partial charge in [-0.05, 0) is 0 Å². The number of rotatable bonds is 2. The summed E-state index contributed by atoms with van der Waals surface area (Å²) in [6, 6.07) is 0. The van der Waals surface area contributed by atoms with E-state index in [0.29, 0.717) is 0 Å². The van der Waals surface area contributed by atoms with Crippen molar-refractivity contribution < 1.29 is 17.9 Å². The van der Waals surface area contributed by atoms with Gasteiger partial charge in [0.15, 0.2) is 11.6 Å². The number of nitrogens with zero attached hydrogens (tertiary/aromatic N) is 1. The zero-order valence-corrected chi connectivity index (χ0v) is 7.32. The van der Waals surface area contributed by atoms with E-state index in [2.05, 4.69) is 14.7 Å². The lowest BCUT2D eigenvalue weighted by Crippen LogP contribution is -2.21. The first kappa shape index (κ1) is 10.8. The van der Waals surface area contributed by atoms with Gasteiger partial charge < -0.3 is 9.72 Å². The standard InChI is InChI=1S/C6H4ClF3N2O2/c7-3-4(13)11-2-12-5(3)14-1-6(8,9)10/h2H,1H2,(H,11,12,13). The second-order valence-corrected chi connectivity index (χ2v) is 2.63. The molecule has 0 fully saturated rings. The topological polar surface area (TPSA) is 55.0 Å². The van der Waals surface area contributed by atoms with Crippen molar-refractivity contribution in [1.29, 1.82) is 0 Å². The Labute approximate surface area is 80.7 Å². The number of aromatic amines is 1. The molecule has 1 aromatic rings. The zero-order valence-electron chi connectivity index (χ0n) is 6.56. The summed E-state index contributed by atoms with van der Waals surface area (Å²) in [4.78, 5) is 16.2. The lowest BCUT2D eigenvalue weighted by Gasteiger charge is -2.08. The number of hydrogen-bond acceptors (Lipinski definition) is 3. The first-order valence-corrected chi connectivity index (χ1v) is 3.70. The second-order valence-electron chi connectivity index (χ2n) is 2.25. The first-order chi connectivity index (χ1) is 6.40. The molecule has 8 heteroatoms. The largest absolute Gasteiger partial charge is 0.467 e. The van der Waals surface area contributed by atoms with Gasteiger partial charge in [0.25, 0.3) is 5.56 Å². The van der Waals surface area contributed by atoms with E-state index in [0.717, 1.165) is 6.33 Å². The minimum absolute atomic E-state index is 0.503. The maximum absolute atomic E-state index is 11.7. The summed E-state index contributed by atoms with van der Waals surface area (Å²) in [5.74, 6) is -0.534.